The Morgan fingerprint density at radius 1 is 1.22 bits per heavy atom. The van der Waals surface area contributed by atoms with Crippen molar-refractivity contribution in [3.8, 4) is 0 Å². The lowest BCUT2D eigenvalue weighted by Crippen LogP contribution is -2.46. The summed E-state index contributed by atoms with van der Waals surface area (Å²) in [6.07, 6.45) is 2.28. The standard InChI is InChI=1S/C15H21N7O/c1-10-16-15(20-19-10)22-6-4-21(5-7-22)9-12-8-13(23)18-14(17-12)11-2-3-11/h8,11H,2-7,9H2,1H3,(H,16,19,20)(H,17,18,23). The van der Waals surface area contributed by atoms with Crippen molar-refractivity contribution in [1.82, 2.24) is 30.0 Å². The van der Waals surface area contributed by atoms with Crippen molar-refractivity contribution in [1.29, 1.82) is 0 Å². The van der Waals surface area contributed by atoms with E-state index in [1.54, 1.807) is 6.07 Å². The van der Waals surface area contributed by atoms with Crippen LogP contribution < -0.4 is 10.5 Å². The third-order valence-electron chi connectivity index (χ3n) is 4.40. The van der Waals surface area contributed by atoms with Crippen LogP contribution in [0, 0.1) is 6.92 Å². The Balaban J connectivity index is 1.38. The number of aromatic amines is 2. The first-order chi connectivity index (χ1) is 11.2. The number of hydrogen-bond donors (Lipinski definition) is 2. The number of aryl methyl sites for hydroxylation is 1. The average molecular weight is 315 g/mol. The summed E-state index contributed by atoms with van der Waals surface area (Å²) < 4.78 is 0. The summed E-state index contributed by atoms with van der Waals surface area (Å²) in [4.78, 5) is 28.2. The predicted molar refractivity (Wildman–Crippen MR) is 85.4 cm³/mol. The first kappa shape index (κ1) is 14.4. The van der Waals surface area contributed by atoms with Gasteiger partial charge in [0.2, 0.25) is 5.95 Å². The molecule has 0 spiro atoms. The molecule has 2 N–H and O–H groups in total. The second-order valence-corrected chi connectivity index (χ2v) is 6.38. The molecule has 1 aliphatic carbocycles. The summed E-state index contributed by atoms with van der Waals surface area (Å²) in [5.74, 6) is 2.94. The van der Waals surface area contributed by atoms with Gasteiger partial charge in [-0.05, 0) is 19.8 Å². The molecule has 2 aromatic rings. The summed E-state index contributed by atoms with van der Waals surface area (Å²) in [6.45, 7) is 6.24. The van der Waals surface area contributed by atoms with Gasteiger partial charge >= 0.3 is 0 Å². The maximum absolute atomic E-state index is 11.8. The second-order valence-electron chi connectivity index (χ2n) is 6.38. The van der Waals surface area contributed by atoms with E-state index in [0.29, 0.717) is 5.92 Å². The molecule has 0 atom stereocenters. The van der Waals surface area contributed by atoms with E-state index in [0.717, 1.165) is 68.9 Å². The fourth-order valence-corrected chi connectivity index (χ4v) is 2.97. The summed E-state index contributed by atoms with van der Waals surface area (Å²) in [5.41, 5.74) is 0.838. The molecular weight excluding hydrogens is 294 g/mol. The number of nitrogens with zero attached hydrogens (tertiary/aromatic N) is 5. The molecule has 2 fully saturated rings. The van der Waals surface area contributed by atoms with Crippen LogP contribution in [0.4, 0.5) is 5.95 Å². The molecule has 2 aromatic heterocycles. The molecule has 0 aromatic carbocycles. The molecule has 0 amide bonds. The molecule has 1 saturated heterocycles. The van der Waals surface area contributed by atoms with E-state index in [-0.39, 0.29) is 5.56 Å². The molecule has 122 valence electrons. The zero-order valence-corrected chi connectivity index (χ0v) is 13.2. The number of rotatable bonds is 4. The lowest BCUT2D eigenvalue weighted by molar-refractivity contribution is 0.245. The van der Waals surface area contributed by atoms with Crippen LogP contribution in [0.2, 0.25) is 0 Å². The number of hydrogen-bond acceptors (Lipinski definition) is 6. The quantitative estimate of drug-likeness (QED) is 0.848. The van der Waals surface area contributed by atoms with Gasteiger partial charge in [-0.25, -0.2) is 4.98 Å². The Bertz CT molecular complexity index is 740. The fourth-order valence-electron chi connectivity index (χ4n) is 2.97. The summed E-state index contributed by atoms with van der Waals surface area (Å²) in [6, 6.07) is 1.62. The molecule has 0 radical (unpaired) electrons. The van der Waals surface area contributed by atoms with Crippen LogP contribution >= 0.6 is 0 Å². The zero-order valence-electron chi connectivity index (χ0n) is 13.2. The van der Waals surface area contributed by atoms with Crippen molar-refractivity contribution in [2.75, 3.05) is 31.1 Å². The van der Waals surface area contributed by atoms with Crippen LogP contribution in [-0.2, 0) is 6.54 Å². The van der Waals surface area contributed by atoms with E-state index in [4.69, 9.17) is 0 Å². The molecule has 0 bridgehead atoms. The maximum atomic E-state index is 11.8. The first-order valence-corrected chi connectivity index (χ1v) is 8.14. The van der Waals surface area contributed by atoms with Crippen molar-refractivity contribution < 1.29 is 0 Å². The normalized spacial score (nSPS) is 19.3. The van der Waals surface area contributed by atoms with Gasteiger partial charge in [-0.2, -0.15) is 4.98 Å². The van der Waals surface area contributed by atoms with E-state index in [9.17, 15) is 4.79 Å². The molecule has 0 unspecified atom stereocenters. The highest BCUT2D eigenvalue weighted by Crippen LogP contribution is 2.37. The molecule has 3 heterocycles. The molecular formula is C15H21N7O. The van der Waals surface area contributed by atoms with Gasteiger partial charge in [0.15, 0.2) is 0 Å². The van der Waals surface area contributed by atoms with Crippen LogP contribution in [0.5, 0.6) is 0 Å². The monoisotopic (exact) mass is 315 g/mol. The molecule has 8 nitrogen and oxygen atoms in total. The van der Waals surface area contributed by atoms with Crippen molar-refractivity contribution >= 4 is 5.95 Å². The van der Waals surface area contributed by atoms with Crippen LogP contribution in [0.15, 0.2) is 10.9 Å². The van der Waals surface area contributed by atoms with Crippen LogP contribution in [0.25, 0.3) is 0 Å². The van der Waals surface area contributed by atoms with Gasteiger partial charge in [-0.15, -0.1) is 5.10 Å². The van der Waals surface area contributed by atoms with Gasteiger partial charge < -0.3 is 9.88 Å². The highest BCUT2D eigenvalue weighted by Gasteiger charge is 2.27. The highest BCUT2D eigenvalue weighted by molar-refractivity contribution is 5.29. The Morgan fingerprint density at radius 3 is 2.65 bits per heavy atom. The number of H-pyrrole nitrogens is 2. The lowest BCUT2D eigenvalue weighted by atomic mass is 10.2. The smallest absolute Gasteiger partial charge is 0.251 e. The largest absolute Gasteiger partial charge is 0.337 e. The first-order valence-electron chi connectivity index (χ1n) is 8.14. The van der Waals surface area contributed by atoms with Gasteiger partial charge in [-0.3, -0.25) is 14.8 Å². The van der Waals surface area contributed by atoms with E-state index in [2.05, 4.69) is 34.9 Å². The minimum absolute atomic E-state index is 0.0354. The maximum Gasteiger partial charge on any atom is 0.251 e. The Morgan fingerprint density at radius 2 is 2.00 bits per heavy atom. The van der Waals surface area contributed by atoms with Crippen LogP contribution in [0.3, 0.4) is 0 Å². The molecule has 23 heavy (non-hydrogen) atoms. The highest BCUT2D eigenvalue weighted by atomic mass is 16.1. The molecule has 2 aliphatic rings. The topological polar surface area (TPSA) is 93.8 Å². The van der Waals surface area contributed by atoms with E-state index >= 15 is 0 Å². The third kappa shape index (κ3) is 3.26. The SMILES string of the molecule is Cc1nc(N2CCN(Cc3cc(=O)[nH]c(C4CC4)n3)CC2)n[nH]1. The number of piperazine rings is 1. The van der Waals surface area contributed by atoms with Crippen molar-refractivity contribution in [3.63, 3.8) is 0 Å². The summed E-state index contributed by atoms with van der Waals surface area (Å²) in [7, 11) is 0. The van der Waals surface area contributed by atoms with Gasteiger partial charge in [0.05, 0.1) is 5.69 Å². The molecule has 1 aliphatic heterocycles. The number of aromatic nitrogens is 5. The Kier molecular flexibility index (Phi) is 3.60. The van der Waals surface area contributed by atoms with Gasteiger partial charge in [0, 0.05) is 44.7 Å². The molecule has 4 rings (SSSR count). The van der Waals surface area contributed by atoms with E-state index < -0.39 is 0 Å². The van der Waals surface area contributed by atoms with Crippen molar-refractivity contribution in [2.45, 2.75) is 32.2 Å². The second kappa shape index (κ2) is 5.77. The van der Waals surface area contributed by atoms with Crippen molar-refractivity contribution in [3.05, 3.63) is 33.8 Å². The lowest BCUT2D eigenvalue weighted by Gasteiger charge is -2.33. The number of nitrogens with one attached hydrogen (secondary N) is 2. The minimum Gasteiger partial charge on any atom is -0.337 e. The molecule has 8 heteroatoms. The van der Waals surface area contributed by atoms with Crippen LogP contribution in [0.1, 0.15) is 36.1 Å². The van der Waals surface area contributed by atoms with Gasteiger partial charge in [0.25, 0.3) is 5.56 Å². The van der Waals surface area contributed by atoms with Crippen molar-refractivity contribution in [2.24, 2.45) is 0 Å². The van der Waals surface area contributed by atoms with E-state index in [1.165, 1.54) is 0 Å². The summed E-state index contributed by atoms with van der Waals surface area (Å²) >= 11 is 0. The minimum atomic E-state index is -0.0354. The Hall–Kier alpha value is -2.22. The van der Waals surface area contributed by atoms with Gasteiger partial charge in [0.1, 0.15) is 11.6 Å². The Labute approximate surface area is 133 Å². The van der Waals surface area contributed by atoms with Gasteiger partial charge in [-0.1, -0.05) is 0 Å². The number of anilines is 1. The zero-order chi connectivity index (χ0) is 15.8. The molecule has 1 saturated carbocycles. The third-order valence-corrected chi connectivity index (χ3v) is 4.40. The predicted octanol–water partition coefficient (Wildman–Crippen LogP) is 0.396. The fraction of sp³-hybridized carbons (Fsp3) is 0.600. The average Bonchev–Trinajstić information content (AvgIpc) is 3.29. The summed E-state index contributed by atoms with van der Waals surface area (Å²) in [5, 5.41) is 7.09. The van der Waals surface area contributed by atoms with Crippen LogP contribution in [-0.4, -0.2) is 56.2 Å². The van der Waals surface area contributed by atoms with E-state index in [1.807, 2.05) is 6.92 Å².